The Hall–Kier alpha value is -2.08. The van der Waals surface area contributed by atoms with E-state index in [0.29, 0.717) is 36.5 Å². The van der Waals surface area contributed by atoms with Gasteiger partial charge in [0, 0.05) is 25.1 Å². The third kappa shape index (κ3) is 3.98. The molecule has 1 aliphatic rings. The lowest BCUT2D eigenvalue weighted by atomic mass is 9.98. The summed E-state index contributed by atoms with van der Waals surface area (Å²) in [6.45, 7) is 1.95. The highest BCUT2D eigenvalue weighted by Crippen LogP contribution is 2.23. The van der Waals surface area contributed by atoms with E-state index in [1.54, 1.807) is 18.2 Å². The third-order valence-electron chi connectivity index (χ3n) is 4.06. The summed E-state index contributed by atoms with van der Waals surface area (Å²) in [6.07, 6.45) is 1.94. The van der Waals surface area contributed by atoms with E-state index in [0.717, 1.165) is 19.4 Å². The molecular weight excluding hydrogens is 284 g/mol. The average Bonchev–Trinajstić information content (AvgIpc) is 2.52. The minimum atomic E-state index is -0.751. The lowest BCUT2D eigenvalue weighted by Gasteiger charge is -2.30. The number of piperidine rings is 1. The second-order valence-corrected chi connectivity index (χ2v) is 5.61. The zero-order chi connectivity index (χ0) is 16.1. The van der Waals surface area contributed by atoms with Crippen LogP contribution in [0, 0.1) is 5.92 Å². The molecular formula is C16H22N2O4. The first kappa shape index (κ1) is 16.3. The SMILES string of the molecule is COc1ccc(C(=O)CCN2CCCC(C(=O)O)C2)cc1N. The first-order valence-electron chi connectivity index (χ1n) is 7.43. The fourth-order valence-electron chi connectivity index (χ4n) is 2.77. The topological polar surface area (TPSA) is 92.9 Å². The predicted octanol–water partition coefficient (Wildman–Crippen LogP) is 1.65. The third-order valence-corrected chi connectivity index (χ3v) is 4.06. The van der Waals surface area contributed by atoms with Crippen LogP contribution in [0.25, 0.3) is 0 Å². The zero-order valence-electron chi connectivity index (χ0n) is 12.7. The minimum Gasteiger partial charge on any atom is -0.495 e. The molecule has 1 aliphatic heterocycles. The van der Waals surface area contributed by atoms with Crippen LogP contribution < -0.4 is 10.5 Å². The average molecular weight is 306 g/mol. The summed E-state index contributed by atoms with van der Waals surface area (Å²) in [6, 6.07) is 5.01. The van der Waals surface area contributed by atoms with Crippen LogP contribution in [-0.4, -0.2) is 48.5 Å². The van der Waals surface area contributed by atoms with Crippen molar-refractivity contribution in [3.63, 3.8) is 0 Å². The summed E-state index contributed by atoms with van der Waals surface area (Å²) in [5.41, 5.74) is 6.81. The summed E-state index contributed by atoms with van der Waals surface area (Å²) in [5.74, 6) is -0.511. The number of hydrogen-bond donors (Lipinski definition) is 2. The Morgan fingerprint density at radius 1 is 1.45 bits per heavy atom. The molecule has 0 amide bonds. The molecule has 1 unspecified atom stereocenters. The molecule has 1 fully saturated rings. The Kier molecular flexibility index (Phi) is 5.38. The molecule has 120 valence electrons. The highest BCUT2D eigenvalue weighted by molar-refractivity contribution is 5.97. The smallest absolute Gasteiger partial charge is 0.307 e. The largest absolute Gasteiger partial charge is 0.495 e. The Bertz CT molecular complexity index is 559. The number of methoxy groups -OCH3 is 1. The second-order valence-electron chi connectivity index (χ2n) is 5.61. The molecule has 3 N–H and O–H groups in total. The molecule has 2 rings (SSSR count). The first-order valence-corrected chi connectivity index (χ1v) is 7.43. The number of likely N-dealkylation sites (tertiary alicyclic amines) is 1. The van der Waals surface area contributed by atoms with Crippen molar-refractivity contribution < 1.29 is 19.4 Å². The highest BCUT2D eigenvalue weighted by Gasteiger charge is 2.25. The molecule has 1 saturated heterocycles. The predicted molar refractivity (Wildman–Crippen MR) is 83.2 cm³/mol. The fraction of sp³-hybridized carbons (Fsp3) is 0.500. The van der Waals surface area contributed by atoms with Gasteiger partial charge < -0.3 is 20.5 Å². The summed E-state index contributed by atoms with van der Waals surface area (Å²) >= 11 is 0. The number of ketones is 1. The van der Waals surface area contributed by atoms with E-state index in [4.69, 9.17) is 15.6 Å². The standard InChI is InChI=1S/C16H22N2O4/c1-22-15-5-4-11(9-13(15)17)14(19)6-8-18-7-2-3-12(10-18)16(20)21/h4-5,9,12H,2-3,6-8,10,17H2,1H3,(H,20,21). The molecule has 1 aromatic carbocycles. The van der Waals surface area contributed by atoms with Gasteiger partial charge in [0.05, 0.1) is 18.7 Å². The number of benzene rings is 1. The molecule has 0 aliphatic carbocycles. The molecule has 0 radical (unpaired) electrons. The lowest BCUT2D eigenvalue weighted by Crippen LogP contribution is -2.39. The van der Waals surface area contributed by atoms with E-state index in [1.165, 1.54) is 7.11 Å². The van der Waals surface area contributed by atoms with Crippen molar-refractivity contribution in [3.8, 4) is 5.75 Å². The first-order chi connectivity index (χ1) is 10.5. The van der Waals surface area contributed by atoms with Gasteiger partial charge in [-0.05, 0) is 37.6 Å². The Labute approximate surface area is 129 Å². The number of carbonyl (C=O) groups excluding carboxylic acids is 1. The van der Waals surface area contributed by atoms with Crippen LogP contribution in [0.5, 0.6) is 5.75 Å². The lowest BCUT2D eigenvalue weighted by molar-refractivity contribution is -0.143. The van der Waals surface area contributed by atoms with Crippen molar-refractivity contribution in [2.75, 3.05) is 32.5 Å². The van der Waals surface area contributed by atoms with Gasteiger partial charge in [0.25, 0.3) is 0 Å². The molecule has 0 aromatic heterocycles. The van der Waals surface area contributed by atoms with Gasteiger partial charge in [0.15, 0.2) is 5.78 Å². The van der Waals surface area contributed by atoms with Gasteiger partial charge in [-0.25, -0.2) is 0 Å². The number of anilines is 1. The van der Waals surface area contributed by atoms with Crippen molar-refractivity contribution in [1.82, 2.24) is 4.90 Å². The maximum Gasteiger partial charge on any atom is 0.307 e. The van der Waals surface area contributed by atoms with Crippen LogP contribution >= 0.6 is 0 Å². The van der Waals surface area contributed by atoms with E-state index < -0.39 is 5.97 Å². The number of ether oxygens (including phenoxy) is 1. The number of carboxylic acids is 1. The molecule has 0 bridgehead atoms. The number of aliphatic carboxylic acids is 1. The maximum absolute atomic E-state index is 12.2. The number of nitrogens with zero attached hydrogens (tertiary/aromatic N) is 1. The Morgan fingerprint density at radius 3 is 2.86 bits per heavy atom. The Balaban J connectivity index is 1.89. The van der Waals surface area contributed by atoms with Crippen LogP contribution in [0.3, 0.4) is 0 Å². The summed E-state index contributed by atoms with van der Waals surface area (Å²) in [7, 11) is 1.53. The quantitative estimate of drug-likeness (QED) is 0.613. The van der Waals surface area contributed by atoms with Crippen molar-refractivity contribution in [2.24, 2.45) is 5.92 Å². The van der Waals surface area contributed by atoms with E-state index in [2.05, 4.69) is 0 Å². The van der Waals surface area contributed by atoms with E-state index in [1.807, 2.05) is 4.90 Å². The zero-order valence-corrected chi connectivity index (χ0v) is 12.7. The van der Waals surface area contributed by atoms with Gasteiger partial charge in [0.1, 0.15) is 5.75 Å². The molecule has 22 heavy (non-hydrogen) atoms. The van der Waals surface area contributed by atoms with Crippen LogP contribution in [0.2, 0.25) is 0 Å². The fourth-order valence-corrected chi connectivity index (χ4v) is 2.77. The minimum absolute atomic E-state index is 0.00630. The molecule has 6 nitrogen and oxygen atoms in total. The maximum atomic E-state index is 12.2. The number of nitrogen functional groups attached to an aromatic ring is 1. The highest BCUT2D eigenvalue weighted by atomic mass is 16.5. The number of rotatable bonds is 6. The number of hydrogen-bond acceptors (Lipinski definition) is 5. The summed E-state index contributed by atoms with van der Waals surface area (Å²) in [5, 5.41) is 9.07. The van der Waals surface area contributed by atoms with E-state index in [-0.39, 0.29) is 11.7 Å². The van der Waals surface area contributed by atoms with Gasteiger partial charge in [-0.1, -0.05) is 0 Å². The molecule has 0 spiro atoms. The van der Waals surface area contributed by atoms with E-state index in [9.17, 15) is 9.59 Å². The molecule has 1 heterocycles. The van der Waals surface area contributed by atoms with Gasteiger partial charge in [-0.15, -0.1) is 0 Å². The van der Waals surface area contributed by atoms with Crippen molar-refractivity contribution in [1.29, 1.82) is 0 Å². The number of nitrogens with two attached hydrogens (primary N) is 1. The molecule has 6 heteroatoms. The molecule has 1 aromatic rings. The van der Waals surface area contributed by atoms with Gasteiger partial charge in [0.2, 0.25) is 0 Å². The normalized spacial score (nSPS) is 18.9. The number of carbonyl (C=O) groups is 2. The van der Waals surface area contributed by atoms with Crippen LogP contribution in [0.4, 0.5) is 5.69 Å². The molecule has 1 atom stereocenters. The molecule has 0 saturated carbocycles. The second kappa shape index (κ2) is 7.26. The van der Waals surface area contributed by atoms with Crippen molar-refractivity contribution in [2.45, 2.75) is 19.3 Å². The van der Waals surface area contributed by atoms with Gasteiger partial charge >= 0.3 is 5.97 Å². The van der Waals surface area contributed by atoms with Crippen molar-refractivity contribution >= 4 is 17.4 Å². The number of carboxylic acid groups (broad SMARTS) is 1. The van der Waals surface area contributed by atoms with Crippen LogP contribution in [0.1, 0.15) is 29.6 Å². The summed E-state index contributed by atoms with van der Waals surface area (Å²) in [4.78, 5) is 25.3. The summed E-state index contributed by atoms with van der Waals surface area (Å²) < 4.78 is 5.07. The van der Waals surface area contributed by atoms with Crippen LogP contribution in [0.15, 0.2) is 18.2 Å². The Morgan fingerprint density at radius 2 is 2.23 bits per heavy atom. The van der Waals surface area contributed by atoms with Crippen LogP contribution in [-0.2, 0) is 4.79 Å². The van der Waals surface area contributed by atoms with E-state index >= 15 is 0 Å². The monoisotopic (exact) mass is 306 g/mol. The van der Waals surface area contributed by atoms with Gasteiger partial charge in [-0.2, -0.15) is 0 Å². The van der Waals surface area contributed by atoms with Gasteiger partial charge in [-0.3, -0.25) is 9.59 Å². The van der Waals surface area contributed by atoms with Crippen molar-refractivity contribution in [3.05, 3.63) is 23.8 Å². The number of Topliss-reactive ketones (excluding diaryl/α,β-unsaturated/α-hetero) is 1.